The van der Waals surface area contributed by atoms with E-state index in [2.05, 4.69) is 13.0 Å². The maximum Gasteiger partial charge on any atom is 0.153 e. The van der Waals surface area contributed by atoms with E-state index in [0.717, 1.165) is 17.4 Å². The van der Waals surface area contributed by atoms with Gasteiger partial charge in [-0.25, -0.2) is 0 Å². The van der Waals surface area contributed by atoms with Crippen molar-refractivity contribution in [3.05, 3.63) is 64.7 Å². The molecule has 0 radical (unpaired) electrons. The molecule has 92 valence electrons. The summed E-state index contributed by atoms with van der Waals surface area (Å²) in [7, 11) is 0. The zero-order valence-corrected chi connectivity index (χ0v) is 10.6. The van der Waals surface area contributed by atoms with E-state index in [0.29, 0.717) is 17.9 Å². The summed E-state index contributed by atoms with van der Waals surface area (Å²) in [6.07, 6.45) is 0.834. The van der Waals surface area contributed by atoms with Crippen LogP contribution in [0.15, 0.2) is 42.5 Å². The lowest BCUT2D eigenvalue weighted by Crippen LogP contribution is -2.01. The summed E-state index contributed by atoms with van der Waals surface area (Å²) in [5, 5.41) is 0. The molecule has 2 heteroatoms. The second-order valence-corrected chi connectivity index (χ2v) is 4.33. The maximum absolute atomic E-state index is 11.0. The topological polar surface area (TPSA) is 26.3 Å². The molecule has 0 atom stereocenters. The van der Waals surface area contributed by atoms with Gasteiger partial charge in [0.15, 0.2) is 6.29 Å². The highest BCUT2D eigenvalue weighted by Crippen LogP contribution is 2.23. The Balaban J connectivity index is 2.21. The molecule has 0 aromatic heterocycles. The van der Waals surface area contributed by atoms with Gasteiger partial charge in [-0.2, -0.15) is 0 Å². The average molecular weight is 240 g/mol. The van der Waals surface area contributed by atoms with Crippen molar-refractivity contribution in [1.82, 2.24) is 0 Å². The molecule has 0 fully saturated rings. The van der Waals surface area contributed by atoms with Gasteiger partial charge in [0, 0.05) is 0 Å². The number of carbonyl (C=O) groups is 1. The predicted octanol–water partition coefficient (Wildman–Crippen LogP) is 3.69. The third-order valence-corrected chi connectivity index (χ3v) is 3.00. The van der Waals surface area contributed by atoms with Crippen molar-refractivity contribution in [3.63, 3.8) is 0 Å². The van der Waals surface area contributed by atoms with Crippen molar-refractivity contribution in [2.75, 3.05) is 0 Å². The lowest BCUT2D eigenvalue weighted by Gasteiger charge is -2.12. The fourth-order valence-corrected chi connectivity index (χ4v) is 1.89. The number of para-hydroxylation sites is 1. The Bertz CT molecular complexity index is 559. The van der Waals surface area contributed by atoms with Crippen LogP contribution in [0.4, 0.5) is 0 Å². The van der Waals surface area contributed by atoms with Crippen LogP contribution < -0.4 is 4.74 Å². The van der Waals surface area contributed by atoms with Gasteiger partial charge in [0.05, 0.1) is 5.56 Å². The number of rotatable bonds is 4. The Labute approximate surface area is 107 Å². The van der Waals surface area contributed by atoms with Gasteiger partial charge in [-0.3, -0.25) is 4.79 Å². The normalized spacial score (nSPS) is 10.1. The van der Waals surface area contributed by atoms with Crippen LogP contribution in [0.2, 0.25) is 0 Å². The Morgan fingerprint density at radius 2 is 1.72 bits per heavy atom. The van der Waals surface area contributed by atoms with Crippen molar-refractivity contribution < 1.29 is 9.53 Å². The first-order valence-corrected chi connectivity index (χ1v) is 5.94. The summed E-state index contributed by atoms with van der Waals surface area (Å²) in [6.45, 7) is 4.48. The molecule has 0 aliphatic carbocycles. The van der Waals surface area contributed by atoms with Crippen molar-refractivity contribution >= 4 is 6.29 Å². The van der Waals surface area contributed by atoms with Gasteiger partial charge in [-0.15, -0.1) is 0 Å². The first kappa shape index (κ1) is 12.4. The number of carbonyl (C=O) groups excluding carboxylic acids is 1. The fourth-order valence-electron chi connectivity index (χ4n) is 1.89. The highest BCUT2D eigenvalue weighted by Gasteiger charge is 2.07. The minimum absolute atomic E-state index is 0.484. The van der Waals surface area contributed by atoms with Crippen molar-refractivity contribution in [2.24, 2.45) is 0 Å². The van der Waals surface area contributed by atoms with Crippen LogP contribution in [0.5, 0.6) is 5.75 Å². The summed E-state index contributed by atoms with van der Waals surface area (Å²) in [5.74, 6) is 0.677. The molecule has 0 bridgehead atoms. The SMILES string of the molecule is Cc1ccccc1COc1c(C)cccc1C=O. The molecule has 0 heterocycles. The second-order valence-electron chi connectivity index (χ2n) is 4.33. The number of aldehydes is 1. The third-order valence-electron chi connectivity index (χ3n) is 3.00. The Hall–Kier alpha value is -2.09. The van der Waals surface area contributed by atoms with Crippen LogP contribution in [-0.2, 0) is 6.61 Å². The summed E-state index contributed by atoms with van der Waals surface area (Å²) >= 11 is 0. The van der Waals surface area contributed by atoms with Gasteiger partial charge in [0.25, 0.3) is 0 Å². The molecule has 2 nitrogen and oxygen atoms in total. The molecule has 0 unspecified atom stereocenters. The smallest absolute Gasteiger partial charge is 0.153 e. The minimum Gasteiger partial charge on any atom is -0.488 e. The molecule has 2 rings (SSSR count). The molecular weight excluding hydrogens is 224 g/mol. The second kappa shape index (κ2) is 5.50. The van der Waals surface area contributed by atoms with Gasteiger partial charge in [-0.1, -0.05) is 36.4 Å². The van der Waals surface area contributed by atoms with E-state index < -0.39 is 0 Å². The van der Waals surface area contributed by atoms with Gasteiger partial charge < -0.3 is 4.74 Å². The first-order chi connectivity index (χ1) is 8.72. The monoisotopic (exact) mass is 240 g/mol. The number of hydrogen-bond acceptors (Lipinski definition) is 2. The van der Waals surface area contributed by atoms with Crippen molar-refractivity contribution in [2.45, 2.75) is 20.5 Å². The van der Waals surface area contributed by atoms with Gasteiger partial charge in [0.2, 0.25) is 0 Å². The summed E-state index contributed by atoms with van der Waals surface area (Å²) in [6, 6.07) is 13.7. The van der Waals surface area contributed by atoms with Gasteiger partial charge >= 0.3 is 0 Å². The summed E-state index contributed by atoms with van der Waals surface area (Å²) in [5.41, 5.74) is 3.91. The molecule has 2 aromatic carbocycles. The summed E-state index contributed by atoms with van der Waals surface area (Å²) in [4.78, 5) is 11.0. The molecule has 0 spiro atoms. The molecule has 0 saturated carbocycles. The van der Waals surface area contributed by atoms with Crippen LogP contribution >= 0.6 is 0 Å². The van der Waals surface area contributed by atoms with Crippen LogP contribution in [0.25, 0.3) is 0 Å². The number of aryl methyl sites for hydroxylation is 2. The van der Waals surface area contributed by atoms with E-state index in [-0.39, 0.29) is 0 Å². The molecule has 0 aliphatic rings. The Morgan fingerprint density at radius 1 is 1.00 bits per heavy atom. The van der Waals surface area contributed by atoms with Crippen molar-refractivity contribution in [3.8, 4) is 5.75 Å². The van der Waals surface area contributed by atoms with Crippen LogP contribution in [0.3, 0.4) is 0 Å². The Kier molecular flexibility index (Phi) is 3.78. The fraction of sp³-hybridized carbons (Fsp3) is 0.188. The highest BCUT2D eigenvalue weighted by atomic mass is 16.5. The summed E-state index contributed by atoms with van der Waals surface area (Å²) < 4.78 is 5.79. The number of benzene rings is 2. The quantitative estimate of drug-likeness (QED) is 0.762. The molecule has 18 heavy (non-hydrogen) atoms. The van der Waals surface area contributed by atoms with E-state index in [4.69, 9.17) is 4.74 Å². The molecular formula is C16H16O2. The first-order valence-electron chi connectivity index (χ1n) is 5.94. The number of ether oxygens (including phenoxy) is 1. The van der Waals surface area contributed by atoms with E-state index in [9.17, 15) is 4.79 Å². The molecule has 0 amide bonds. The molecule has 0 aliphatic heterocycles. The zero-order valence-electron chi connectivity index (χ0n) is 10.6. The molecule has 2 aromatic rings. The minimum atomic E-state index is 0.484. The molecule has 0 N–H and O–H groups in total. The van der Waals surface area contributed by atoms with Crippen LogP contribution in [0.1, 0.15) is 27.0 Å². The highest BCUT2D eigenvalue weighted by molar-refractivity contribution is 5.80. The Morgan fingerprint density at radius 3 is 2.44 bits per heavy atom. The average Bonchev–Trinajstić information content (AvgIpc) is 2.39. The van der Waals surface area contributed by atoms with E-state index in [1.54, 1.807) is 6.07 Å². The van der Waals surface area contributed by atoms with E-state index in [1.807, 2.05) is 37.3 Å². The van der Waals surface area contributed by atoms with Crippen LogP contribution in [0, 0.1) is 13.8 Å². The predicted molar refractivity (Wildman–Crippen MR) is 72.1 cm³/mol. The van der Waals surface area contributed by atoms with E-state index >= 15 is 0 Å². The lowest BCUT2D eigenvalue weighted by molar-refractivity contribution is 0.111. The van der Waals surface area contributed by atoms with Crippen molar-refractivity contribution in [1.29, 1.82) is 0 Å². The largest absolute Gasteiger partial charge is 0.488 e. The van der Waals surface area contributed by atoms with E-state index in [1.165, 1.54) is 5.56 Å². The van der Waals surface area contributed by atoms with Crippen LogP contribution in [-0.4, -0.2) is 6.29 Å². The van der Waals surface area contributed by atoms with Gasteiger partial charge in [-0.05, 0) is 36.6 Å². The molecule has 0 saturated heterocycles. The van der Waals surface area contributed by atoms with Gasteiger partial charge in [0.1, 0.15) is 12.4 Å². The standard InChI is InChI=1S/C16H16O2/c1-12-6-3-4-8-15(12)11-18-16-13(2)7-5-9-14(16)10-17/h3-10H,11H2,1-2H3. The zero-order chi connectivity index (χ0) is 13.0. The lowest BCUT2D eigenvalue weighted by atomic mass is 10.1. The number of hydrogen-bond donors (Lipinski definition) is 0. The maximum atomic E-state index is 11.0. The third kappa shape index (κ3) is 2.59.